The summed E-state index contributed by atoms with van der Waals surface area (Å²) >= 11 is 0. The molecule has 0 spiro atoms. The first-order chi connectivity index (χ1) is 3.85. The number of hydrogen-bond acceptors (Lipinski definition) is 0. The molecule has 8 heteroatoms. The Morgan fingerprint density at radius 1 is 0.818 bits per heavy atom. The maximum Gasteiger partial charge on any atom is 0.448 e. The van der Waals surface area contributed by atoms with Crippen LogP contribution in [0.15, 0.2) is 11.9 Å². The van der Waals surface area contributed by atoms with Crippen molar-refractivity contribution < 1.29 is 26.3 Å². The SMILES string of the molecule is Br.Br.FC(F)=C(F)C(F)(F)F. The summed E-state index contributed by atoms with van der Waals surface area (Å²) in [5.74, 6) is -3.33. The molecule has 0 aliphatic rings. The van der Waals surface area contributed by atoms with E-state index in [1.165, 1.54) is 0 Å². The summed E-state index contributed by atoms with van der Waals surface area (Å²) in [6, 6.07) is 0. The van der Waals surface area contributed by atoms with Gasteiger partial charge in [0.05, 0.1) is 0 Å². The second-order valence-corrected chi connectivity index (χ2v) is 1.07. The third-order valence-corrected chi connectivity index (χ3v) is 0.415. The van der Waals surface area contributed by atoms with Crippen molar-refractivity contribution in [3.63, 3.8) is 0 Å². The van der Waals surface area contributed by atoms with Gasteiger partial charge in [0.25, 0.3) is 5.83 Å². The van der Waals surface area contributed by atoms with E-state index in [2.05, 4.69) is 0 Å². The van der Waals surface area contributed by atoms with E-state index in [0.717, 1.165) is 0 Å². The quantitative estimate of drug-likeness (QED) is 0.597. The van der Waals surface area contributed by atoms with E-state index in [0.29, 0.717) is 0 Å². The van der Waals surface area contributed by atoms with E-state index in [1.807, 2.05) is 0 Å². The van der Waals surface area contributed by atoms with Crippen LogP contribution in [-0.2, 0) is 0 Å². The molecule has 0 bridgehead atoms. The van der Waals surface area contributed by atoms with E-state index < -0.39 is 18.1 Å². The summed E-state index contributed by atoms with van der Waals surface area (Å²) in [5, 5.41) is 0. The molecule has 0 heterocycles. The lowest BCUT2D eigenvalue weighted by molar-refractivity contribution is -0.113. The second-order valence-electron chi connectivity index (χ2n) is 1.07. The van der Waals surface area contributed by atoms with Gasteiger partial charge in [-0.05, 0) is 0 Å². The number of alkyl halides is 3. The molecule has 0 unspecified atom stereocenters. The van der Waals surface area contributed by atoms with Gasteiger partial charge in [-0.3, -0.25) is 0 Å². The predicted octanol–water partition coefficient (Wildman–Crippen LogP) is 3.78. The minimum absolute atomic E-state index is 0. The Morgan fingerprint density at radius 3 is 1.09 bits per heavy atom. The van der Waals surface area contributed by atoms with Crippen LogP contribution in [0.5, 0.6) is 0 Å². The van der Waals surface area contributed by atoms with Crippen LogP contribution in [0.25, 0.3) is 0 Å². The van der Waals surface area contributed by atoms with Crippen molar-refractivity contribution in [3.05, 3.63) is 11.9 Å². The molecule has 0 aromatic carbocycles. The van der Waals surface area contributed by atoms with E-state index in [-0.39, 0.29) is 34.0 Å². The molecule has 0 fully saturated rings. The van der Waals surface area contributed by atoms with Crippen molar-refractivity contribution >= 4 is 34.0 Å². The molecule has 0 saturated heterocycles. The standard InChI is InChI=1S/C3F6.2BrH/c4-1(2(5)6)3(7,8)9;;/h;2*1H. The lowest BCUT2D eigenvalue weighted by Gasteiger charge is -1.98. The molecule has 0 aromatic rings. The molecule has 0 saturated carbocycles. The van der Waals surface area contributed by atoms with E-state index >= 15 is 0 Å². The zero-order valence-electron chi connectivity index (χ0n) is 4.58. The molecule has 0 N–H and O–H groups in total. The van der Waals surface area contributed by atoms with Crippen LogP contribution in [0.3, 0.4) is 0 Å². The molecule has 0 radical (unpaired) electrons. The molecule has 0 aliphatic heterocycles. The summed E-state index contributed by atoms with van der Waals surface area (Å²) in [4.78, 5) is 0. The van der Waals surface area contributed by atoms with Crippen LogP contribution in [-0.4, -0.2) is 6.18 Å². The van der Waals surface area contributed by atoms with E-state index in [9.17, 15) is 26.3 Å². The van der Waals surface area contributed by atoms with Crippen LogP contribution in [0, 0.1) is 0 Å². The highest BCUT2D eigenvalue weighted by atomic mass is 79.9. The van der Waals surface area contributed by atoms with Crippen molar-refractivity contribution in [2.45, 2.75) is 6.18 Å². The largest absolute Gasteiger partial charge is 0.448 e. The van der Waals surface area contributed by atoms with Gasteiger partial charge >= 0.3 is 12.3 Å². The maximum absolute atomic E-state index is 11.0. The zero-order valence-corrected chi connectivity index (χ0v) is 8.01. The Hall–Kier alpha value is 0.280. The van der Waals surface area contributed by atoms with Crippen molar-refractivity contribution in [1.82, 2.24) is 0 Å². The maximum atomic E-state index is 11.0. The normalized spacial score (nSPS) is 9.27. The zero-order chi connectivity index (χ0) is 7.65. The Balaban J connectivity index is -0.000000320. The average molecular weight is 312 g/mol. The van der Waals surface area contributed by atoms with Crippen molar-refractivity contribution in [2.75, 3.05) is 0 Å². The van der Waals surface area contributed by atoms with Crippen LogP contribution in [0.1, 0.15) is 0 Å². The fraction of sp³-hybridized carbons (Fsp3) is 0.333. The topological polar surface area (TPSA) is 0 Å². The van der Waals surface area contributed by atoms with Crippen LogP contribution < -0.4 is 0 Å². The van der Waals surface area contributed by atoms with Gasteiger partial charge < -0.3 is 0 Å². The van der Waals surface area contributed by atoms with Crippen LogP contribution in [0.2, 0.25) is 0 Å². The molecular formula is C3H2Br2F6. The van der Waals surface area contributed by atoms with E-state index in [4.69, 9.17) is 0 Å². The Bertz CT molecular complexity index is 133. The molecule has 0 aliphatic carbocycles. The highest BCUT2D eigenvalue weighted by Crippen LogP contribution is 2.29. The number of allylic oxidation sites excluding steroid dienone is 1. The third kappa shape index (κ3) is 6.67. The molecule has 0 rings (SSSR count). The number of rotatable bonds is 0. The molecule has 0 amide bonds. The smallest absolute Gasteiger partial charge is 0.196 e. The minimum Gasteiger partial charge on any atom is -0.196 e. The van der Waals surface area contributed by atoms with Gasteiger partial charge in [-0.1, -0.05) is 0 Å². The van der Waals surface area contributed by atoms with Crippen LogP contribution in [0.4, 0.5) is 26.3 Å². The highest BCUT2D eigenvalue weighted by molar-refractivity contribution is 8.93. The van der Waals surface area contributed by atoms with E-state index in [1.54, 1.807) is 0 Å². The number of hydrogen-bond donors (Lipinski definition) is 0. The second kappa shape index (κ2) is 5.87. The van der Waals surface area contributed by atoms with Crippen LogP contribution >= 0.6 is 34.0 Å². The average Bonchev–Trinajstić information content (AvgIpc) is 1.62. The van der Waals surface area contributed by atoms with Gasteiger partial charge in [-0.2, -0.15) is 26.3 Å². The summed E-state index contributed by atoms with van der Waals surface area (Å²) in [6.45, 7) is 0. The number of halogens is 8. The fourth-order valence-electron chi connectivity index (χ4n) is 0.107. The lowest BCUT2D eigenvalue weighted by Crippen LogP contribution is -2.08. The van der Waals surface area contributed by atoms with Crippen molar-refractivity contribution in [2.24, 2.45) is 0 Å². The molecule has 0 atom stereocenters. The fourth-order valence-corrected chi connectivity index (χ4v) is 0.107. The summed E-state index contributed by atoms with van der Waals surface area (Å²) < 4.78 is 64.8. The van der Waals surface area contributed by atoms with Crippen molar-refractivity contribution in [3.8, 4) is 0 Å². The highest BCUT2D eigenvalue weighted by Gasteiger charge is 2.38. The molecule has 70 valence electrons. The van der Waals surface area contributed by atoms with Gasteiger partial charge in [0, 0.05) is 0 Å². The third-order valence-electron chi connectivity index (χ3n) is 0.415. The lowest BCUT2D eigenvalue weighted by atomic mass is 10.6. The molecule has 0 aromatic heterocycles. The Labute approximate surface area is 78.8 Å². The molecular weight excluding hydrogens is 310 g/mol. The van der Waals surface area contributed by atoms with Gasteiger partial charge in [0.2, 0.25) is 0 Å². The summed E-state index contributed by atoms with van der Waals surface area (Å²) in [5.41, 5.74) is 0. The van der Waals surface area contributed by atoms with Gasteiger partial charge in [0.15, 0.2) is 0 Å². The first kappa shape index (κ1) is 17.4. The summed E-state index contributed by atoms with van der Waals surface area (Å²) in [7, 11) is 0. The summed E-state index contributed by atoms with van der Waals surface area (Å²) in [6.07, 6.45) is -8.90. The van der Waals surface area contributed by atoms with Crippen molar-refractivity contribution in [1.29, 1.82) is 0 Å². The predicted molar refractivity (Wildman–Crippen MR) is 37.0 cm³/mol. The minimum atomic E-state index is -5.56. The first-order valence-electron chi connectivity index (χ1n) is 1.63. The monoisotopic (exact) mass is 310 g/mol. The first-order valence-corrected chi connectivity index (χ1v) is 1.63. The van der Waals surface area contributed by atoms with Gasteiger partial charge in [0.1, 0.15) is 0 Å². The van der Waals surface area contributed by atoms with Gasteiger partial charge in [-0.25, -0.2) is 0 Å². The molecule has 0 nitrogen and oxygen atoms in total. The Morgan fingerprint density at radius 2 is 1.09 bits per heavy atom. The Kier molecular flexibility index (Phi) is 9.28. The molecule has 11 heavy (non-hydrogen) atoms. The van der Waals surface area contributed by atoms with Gasteiger partial charge in [-0.15, -0.1) is 34.0 Å².